The van der Waals surface area contributed by atoms with Crippen LogP contribution in [0.25, 0.3) is 0 Å². The minimum absolute atomic E-state index is 0.0129. The van der Waals surface area contributed by atoms with Gasteiger partial charge in [-0.05, 0) is 12.1 Å². The molecule has 1 N–H and O–H groups in total. The van der Waals surface area contributed by atoms with Gasteiger partial charge in [0, 0.05) is 11.8 Å². The van der Waals surface area contributed by atoms with Crippen molar-refractivity contribution in [2.24, 2.45) is 5.41 Å². The van der Waals surface area contributed by atoms with Crippen LogP contribution < -0.4 is 5.32 Å². The zero-order valence-corrected chi connectivity index (χ0v) is 8.67. The van der Waals surface area contributed by atoms with Gasteiger partial charge in [0.05, 0.1) is 19.3 Å². The third-order valence-electron chi connectivity index (χ3n) is 2.52. The second-order valence-corrected chi connectivity index (χ2v) is 3.77. The van der Waals surface area contributed by atoms with Gasteiger partial charge in [-0.15, -0.1) is 0 Å². The maximum Gasteiger partial charge on any atom is 0.249 e. The molecular formula is C11H8F2N2O2. The molecule has 0 atom stereocenters. The van der Waals surface area contributed by atoms with Crippen LogP contribution in [0.4, 0.5) is 14.5 Å². The lowest BCUT2D eigenvalue weighted by Crippen LogP contribution is -2.50. The van der Waals surface area contributed by atoms with Crippen LogP contribution in [0.2, 0.25) is 0 Å². The topological polar surface area (TPSA) is 62.1 Å². The molecule has 0 saturated carbocycles. The minimum Gasteiger partial charge on any atom is -0.377 e. The lowest BCUT2D eigenvalue weighted by atomic mass is 9.87. The molecule has 1 amide bonds. The molecule has 1 aromatic carbocycles. The Kier molecular flexibility index (Phi) is 2.77. The zero-order valence-electron chi connectivity index (χ0n) is 8.67. The van der Waals surface area contributed by atoms with Gasteiger partial charge in [-0.25, -0.2) is 8.78 Å². The first-order valence-corrected chi connectivity index (χ1v) is 4.83. The first-order chi connectivity index (χ1) is 8.07. The molecule has 2 rings (SSSR count). The number of benzene rings is 1. The van der Waals surface area contributed by atoms with Crippen molar-refractivity contribution in [3.63, 3.8) is 0 Å². The van der Waals surface area contributed by atoms with Crippen molar-refractivity contribution in [3.05, 3.63) is 29.8 Å². The van der Waals surface area contributed by atoms with Gasteiger partial charge in [-0.3, -0.25) is 4.79 Å². The number of nitrogens with one attached hydrogen (secondary N) is 1. The maximum atomic E-state index is 12.9. The van der Waals surface area contributed by atoms with Crippen LogP contribution in [0.15, 0.2) is 18.2 Å². The van der Waals surface area contributed by atoms with Crippen molar-refractivity contribution in [3.8, 4) is 6.07 Å². The van der Waals surface area contributed by atoms with Gasteiger partial charge >= 0.3 is 0 Å². The van der Waals surface area contributed by atoms with Gasteiger partial charge in [-0.1, -0.05) is 0 Å². The van der Waals surface area contributed by atoms with Gasteiger partial charge in [0.2, 0.25) is 5.91 Å². The summed E-state index contributed by atoms with van der Waals surface area (Å²) >= 11 is 0. The molecule has 1 fully saturated rings. The molecule has 0 radical (unpaired) electrons. The van der Waals surface area contributed by atoms with Gasteiger partial charge in [0.25, 0.3) is 0 Å². The number of ether oxygens (including phenoxy) is 1. The summed E-state index contributed by atoms with van der Waals surface area (Å²) in [6.07, 6.45) is 0. The fourth-order valence-electron chi connectivity index (χ4n) is 1.38. The number of carbonyl (C=O) groups excluding carboxylic acids is 1. The Morgan fingerprint density at radius 3 is 2.59 bits per heavy atom. The van der Waals surface area contributed by atoms with E-state index in [2.05, 4.69) is 5.32 Å². The summed E-state index contributed by atoms with van der Waals surface area (Å²) in [6.45, 7) is 0.0258. The normalized spacial score (nSPS) is 16.8. The van der Waals surface area contributed by atoms with E-state index >= 15 is 0 Å². The Hall–Kier alpha value is -2.00. The quantitative estimate of drug-likeness (QED) is 0.848. The highest BCUT2D eigenvalue weighted by Gasteiger charge is 2.46. The van der Waals surface area contributed by atoms with E-state index in [9.17, 15) is 13.6 Å². The van der Waals surface area contributed by atoms with Crippen LogP contribution in [-0.2, 0) is 9.53 Å². The van der Waals surface area contributed by atoms with E-state index in [1.165, 1.54) is 6.07 Å². The third kappa shape index (κ3) is 1.97. The standard InChI is InChI=1S/C11H8F2N2O2/c12-8-2-1-7(3-9(8)13)15-10(16)11(4-14)5-17-6-11/h1-3H,5-6H2,(H,15,16). The maximum absolute atomic E-state index is 12.9. The van der Waals surface area contributed by atoms with Crippen molar-refractivity contribution in [2.45, 2.75) is 0 Å². The van der Waals surface area contributed by atoms with Crippen molar-refractivity contribution in [1.29, 1.82) is 5.26 Å². The Morgan fingerprint density at radius 2 is 2.12 bits per heavy atom. The van der Waals surface area contributed by atoms with Crippen molar-refractivity contribution >= 4 is 11.6 Å². The average molecular weight is 238 g/mol. The van der Waals surface area contributed by atoms with Gasteiger partial charge < -0.3 is 10.1 Å². The number of carbonyl (C=O) groups is 1. The molecule has 17 heavy (non-hydrogen) atoms. The second-order valence-electron chi connectivity index (χ2n) is 3.77. The van der Waals surface area contributed by atoms with Crippen LogP contribution in [0.3, 0.4) is 0 Å². The Morgan fingerprint density at radius 1 is 1.41 bits per heavy atom. The Bertz CT molecular complexity index is 507. The van der Waals surface area contributed by atoms with Crippen LogP contribution in [0.1, 0.15) is 0 Å². The van der Waals surface area contributed by atoms with E-state index < -0.39 is 23.0 Å². The molecule has 0 aromatic heterocycles. The first kappa shape index (κ1) is 11.5. The van der Waals surface area contributed by atoms with Crippen LogP contribution in [-0.4, -0.2) is 19.1 Å². The molecule has 88 valence electrons. The summed E-state index contributed by atoms with van der Waals surface area (Å²) in [7, 11) is 0. The number of rotatable bonds is 2. The highest BCUT2D eigenvalue weighted by molar-refractivity contribution is 5.98. The SMILES string of the molecule is N#CC1(C(=O)Nc2ccc(F)c(F)c2)COC1. The first-order valence-electron chi connectivity index (χ1n) is 4.83. The number of amides is 1. The highest BCUT2D eigenvalue weighted by Crippen LogP contribution is 2.28. The van der Waals surface area contributed by atoms with E-state index in [0.717, 1.165) is 12.1 Å². The third-order valence-corrected chi connectivity index (χ3v) is 2.52. The summed E-state index contributed by atoms with van der Waals surface area (Å²) in [6, 6.07) is 4.84. The summed E-state index contributed by atoms with van der Waals surface area (Å²) < 4.78 is 30.4. The monoisotopic (exact) mass is 238 g/mol. The van der Waals surface area contributed by atoms with Crippen LogP contribution in [0, 0.1) is 28.4 Å². The summed E-state index contributed by atoms with van der Waals surface area (Å²) in [5.41, 5.74) is -1.11. The predicted octanol–water partition coefficient (Wildman–Crippen LogP) is 1.44. The fourth-order valence-corrected chi connectivity index (χ4v) is 1.38. The molecule has 4 nitrogen and oxygen atoms in total. The number of halogens is 2. The van der Waals surface area contributed by atoms with E-state index in [1.54, 1.807) is 0 Å². The van der Waals surface area contributed by atoms with Crippen molar-refractivity contribution in [1.82, 2.24) is 0 Å². The van der Waals surface area contributed by atoms with Gasteiger partial charge in [0.15, 0.2) is 17.0 Å². The molecule has 0 unspecified atom stereocenters. The van der Waals surface area contributed by atoms with Crippen molar-refractivity contribution < 1.29 is 18.3 Å². The summed E-state index contributed by atoms with van der Waals surface area (Å²) in [5.74, 6) is -2.62. The van der Waals surface area contributed by atoms with E-state index in [4.69, 9.17) is 10.00 Å². The molecule has 1 aliphatic rings. The predicted molar refractivity (Wildman–Crippen MR) is 53.9 cm³/mol. The van der Waals surface area contributed by atoms with Gasteiger partial charge in [0.1, 0.15) is 0 Å². The van der Waals surface area contributed by atoms with E-state index in [0.29, 0.717) is 0 Å². The zero-order chi connectivity index (χ0) is 12.5. The largest absolute Gasteiger partial charge is 0.377 e. The molecule has 6 heteroatoms. The molecule has 0 bridgehead atoms. The Balaban J connectivity index is 2.13. The summed E-state index contributed by atoms with van der Waals surface area (Å²) in [5, 5.41) is 11.2. The number of hydrogen-bond donors (Lipinski definition) is 1. The average Bonchev–Trinajstić information content (AvgIpc) is 2.23. The molecule has 1 saturated heterocycles. The number of nitrogens with zero attached hydrogens (tertiary/aromatic N) is 1. The molecule has 1 heterocycles. The van der Waals surface area contributed by atoms with Gasteiger partial charge in [-0.2, -0.15) is 5.26 Å². The molecular weight excluding hydrogens is 230 g/mol. The Labute approximate surface area is 95.8 Å². The lowest BCUT2D eigenvalue weighted by molar-refractivity contribution is -0.144. The lowest BCUT2D eigenvalue weighted by Gasteiger charge is -2.33. The minimum atomic E-state index is -1.22. The van der Waals surface area contributed by atoms with Crippen molar-refractivity contribution in [2.75, 3.05) is 18.5 Å². The highest BCUT2D eigenvalue weighted by atomic mass is 19.2. The molecule has 1 aromatic rings. The van der Waals surface area contributed by atoms with Crippen LogP contribution in [0.5, 0.6) is 0 Å². The molecule has 1 aliphatic heterocycles. The smallest absolute Gasteiger partial charge is 0.249 e. The van der Waals surface area contributed by atoms with E-state index in [-0.39, 0.29) is 18.9 Å². The molecule has 0 spiro atoms. The molecule has 0 aliphatic carbocycles. The van der Waals surface area contributed by atoms with E-state index in [1.807, 2.05) is 6.07 Å². The fraction of sp³-hybridized carbons (Fsp3) is 0.273. The number of anilines is 1. The summed E-state index contributed by atoms with van der Waals surface area (Å²) in [4.78, 5) is 11.7. The number of hydrogen-bond acceptors (Lipinski definition) is 3. The number of nitriles is 1. The second kappa shape index (κ2) is 4.11. The van der Waals surface area contributed by atoms with Crippen LogP contribution >= 0.6 is 0 Å².